The van der Waals surface area contributed by atoms with E-state index in [1.807, 2.05) is 5.32 Å². The molecule has 1 atom stereocenters. The highest BCUT2D eigenvalue weighted by Gasteiger charge is 2.31. The van der Waals surface area contributed by atoms with Crippen molar-refractivity contribution in [2.75, 3.05) is 6.61 Å². The average molecular weight is 317 g/mol. The van der Waals surface area contributed by atoms with Gasteiger partial charge in [0.1, 0.15) is 5.76 Å². The molecule has 0 rings (SSSR count). The van der Waals surface area contributed by atoms with Gasteiger partial charge in [-0.05, 0) is 13.3 Å². The molecular weight excluding hydrogens is 298 g/mol. The van der Waals surface area contributed by atoms with Gasteiger partial charge in [-0.25, -0.2) is 4.39 Å². The lowest BCUT2D eigenvalue weighted by Gasteiger charge is -2.24. The highest BCUT2D eigenvalue weighted by Crippen LogP contribution is 2.28. The summed E-state index contributed by atoms with van der Waals surface area (Å²) >= 11 is 3.96. The lowest BCUT2D eigenvalue weighted by Crippen LogP contribution is -2.42. The first-order chi connectivity index (χ1) is 8.99. The molecule has 0 bridgehead atoms. The van der Waals surface area contributed by atoms with Gasteiger partial charge >= 0.3 is 6.18 Å². The minimum Gasteiger partial charge on any atom is -0.497 e. The van der Waals surface area contributed by atoms with E-state index in [1.165, 1.54) is 0 Å². The zero-order valence-electron chi connectivity index (χ0n) is 11.6. The van der Waals surface area contributed by atoms with Crippen LogP contribution in [0.3, 0.4) is 0 Å². The second-order valence-corrected chi connectivity index (χ2v) is 4.82. The SMILES string of the molecule is CC/C(OCCCC(F)(F)F)=C(/S)C(C)(F)NC(C)=O. The molecule has 0 aliphatic heterocycles. The Kier molecular flexibility index (Phi) is 7.40. The Morgan fingerprint density at radius 1 is 1.30 bits per heavy atom. The molecule has 0 spiro atoms. The number of hydrogen-bond donors (Lipinski definition) is 2. The minimum absolute atomic E-state index is 0.120. The van der Waals surface area contributed by atoms with Crippen LogP contribution in [0.5, 0.6) is 0 Å². The summed E-state index contributed by atoms with van der Waals surface area (Å²) in [5.74, 6) is -2.69. The maximum Gasteiger partial charge on any atom is 0.389 e. The second kappa shape index (κ2) is 7.75. The van der Waals surface area contributed by atoms with Crippen LogP contribution in [0.1, 0.15) is 40.0 Å². The summed E-state index contributed by atoms with van der Waals surface area (Å²) in [7, 11) is 0. The standard InChI is InChI=1S/C12H19F4NO2S/c1-4-9(19-7-5-6-12(14,15)16)10(20)11(3,13)17-8(2)18/h20H,4-7H2,1-3H3,(H,17,18)/b10-9-. The number of carbonyl (C=O) groups excluding carboxylic acids is 1. The van der Waals surface area contributed by atoms with Crippen molar-refractivity contribution in [2.45, 2.75) is 52.0 Å². The topological polar surface area (TPSA) is 38.3 Å². The maximum absolute atomic E-state index is 14.1. The molecule has 0 radical (unpaired) electrons. The van der Waals surface area contributed by atoms with Crippen molar-refractivity contribution in [1.29, 1.82) is 0 Å². The Bertz CT molecular complexity index is 367. The average Bonchev–Trinajstić information content (AvgIpc) is 2.25. The summed E-state index contributed by atoms with van der Waals surface area (Å²) in [6.07, 6.45) is -5.18. The molecule has 0 aromatic heterocycles. The molecule has 0 saturated carbocycles. The van der Waals surface area contributed by atoms with Crippen molar-refractivity contribution in [1.82, 2.24) is 5.32 Å². The predicted octanol–water partition coefficient (Wildman–Crippen LogP) is 3.72. The van der Waals surface area contributed by atoms with Gasteiger partial charge in [0.05, 0.1) is 11.5 Å². The number of halogens is 4. The van der Waals surface area contributed by atoms with Crippen molar-refractivity contribution in [3.05, 3.63) is 10.7 Å². The van der Waals surface area contributed by atoms with E-state index in [-0.39, 0.29) is 30.1 Å². The van der Waals surface area contributed by atoms with Gasteiger partial charge in [0, 0.05) is 19.8 Å². The summed E-state index contributed by atoms with van der Waals surface area (Å²) in [6, 6.07) is 0. The summed E-state index contributed by atoms with van der Waals surface area (Å²) in [5, 5.41) is 2.05. The summed E-state index contributed by atoms with van der Waals surface area (Å²) in [4.78, 5) is 10.7. The first kappa shape index (κ1) is 19.1. The maximum atomic E-state index is 14.1. The van der Waals surface area contributed by atoms with Crippen LogP contribution in [0.25, 0.3) is 0 Å². The molecular formula is C12H19F4NO2S. The molecule has 0 saturated heterocycles. The second-order valence-electron chi connectivity index (χ2n) is 4.38. The number of ether oxygens (including phenoxy) is 1. The molecule has 118 valence electrons. The molecule has 0 heterocycles. The van der Waals surface area contributed by atoms with Gasteiger partial charge < -0.3 is 10.1 Å². The molecule has 1 N–H and O–H groups in total. The van der Waals surface area contributed by atoms with Gasteiger partial charge in [-0.3, -0.25) is 4.79 Å². The zero-order valence-corrected chi connectivity index (χ0v) is 12.5. The third-order valence-electron chi connectivity index (χ3n) is 2.32. The largest absolute Gasteiger partial charge is 0.497 e. The highest BCUT2D eigenvalue weighted by atomic mass is 32.1. The number of amides is 1. The molecule has 8 heteroatoms. The molecule has 0 aromatic rings. The zero-order chi connectivity index (χ0) is 16.0. The number of carbonyl (C=O) groups is 1. The summed E-state index contributed by atoms with van der Waals surface area (Å²) in [5.41, 5.74) is 0. The van der Waals surface area contributed by atoms with Gasteiger partial charge in [0.2, 0.25) is 11.7 Å². The van der Waals surface area contributed by atoms with E-state index in [9.17, 15) is 22.4 Å². The highest BCUT2D eigenvalue weighted by molar-refractivity contribution is 7.84. The van der Waals surface area contributed by atoms with Crippen LogP contribution in [0.2, 0.25) is 0 Å². The number of alkyl halides is 4. The van der Waals surface area contributed by atoms with Crippen LogP contribution in [-0.4, -0.2) is 24.5 Å². The minimum atomic E-state index is -4.24. The van der Waals surface area contributed by atoms with Crippen LogP contribution in [-0.2, 0) is 9.53 Å². The van der Waals surface area contributed by atoms with Crippen molar-refractivity contribution in [2.24, 2.45) is 0 Å². The molecule has 20 heavy (non-hydrogen) atoms. The molecule has 0 aromatic carbocycles. The van der Waals surface area contributed by atoms with Crippen molar-refractivity contribution >= 4 is 18.5 Å². The Hall–Kier alpha value is -0.920. The monoisotopic (exact) mass is 317 g/mol. The van der Waals surface area contributed by atoms with Gasteiger partial charge in [-0.15, -0.1) is 12.6 Å². The van der Waals surface area contributed by atoms with Crippen LogP contribution >= 0.6 is 12.6 Å². The number of allylic oxidation sites excluding steroid dienone is 1. The molecule has 1 amide bonds. The number of thiol groups is 1. The first-order valence-electron chi connectivity index (χ1n) is 6.09. The van der Waals surface area contributed by atoms with E-state index in [1.54, 1.807) is 6.92 Å². The van der Waals surface area contributed by atoms with Crippen LogP contribution in [0.4, 0.5) is 17.6 Å². The Labute approximate surface area is 121 Å². The van der Waals surface area contributed by atoms with E-state index in [0.29, 0.717) is 0 Å². The van der Waals surface area contributed by atoms with Gasteiger partial charge in [0.25, 0.3) is 0 Å². The normalized spacial score (nSPS) is 16.2. The molecule has 0 fully saturated rings. The fraction of sp³-hybridized carbons (Fsp3) is 0.750. The van der Waals surface area contributed by atoms with Gasteiger partial charge in [-0.1, -0.05) is 6.92 Å². The Morgan fingerprint density at radius 2 is 1.85 bits per heavy atom. The summed E-state index contributed by atoms with van der Waals surface area (Å²) < 4.78 is 55.2. The van der Waals surface area contributed by atoms with Gasteiger partial charge in [-0.2, -0.15) is 13.2 Å². The number of nitrogens with one attached hydrogen (secondary N) is 1. The van der Waals surface area contributed by atoms with Crippen LogP contribution in [0.15, 0.2) is 10.7 Å². The third-order valence-corrected chi connectivity index (χ3v) is 2.99. The van der Waals surface area contributed by atoms with Crippen LogP contribution in [0, 0.1) is 0 Å². The van der Waals surface area contributed by atoms with Gasteiger partial charge in [0.15, 0.2) is 0 Å². The predicted molar refractivity (Wildman–Crippen MR) is 70.9 cm³/mol. The lowest BCUT2D eigenvalue weighted by atomic mass is 10.2. The number of rotatable bonds is 7. The third kappa shape index (κ3) is 7.62. The van der Waals surface area contributed by atoms with E-state index in [0.717, 1.165) is 13.8 Å². The molecule has 3 nitrogen and oxygen atoms in total. The van der Waals surface area contributed by atoms with Crippen LogP contribution < -0.4 is 5.32 Å². The van der Waals surface area contributed by atoms with E-state index in [4.69, 9.17) is 4.74 Å². The summed E-state index contributed by atoms with van der Waals surface area (Å²) in [6.45, 7) is 3.70. The molecule has 1 unspecified atom stereocenters. The first-order valence-corrected chi connectivity index (χ1v) is 6.54. The molecule has 0 aliphatic rings. The Balaban J connectivity index is 4.62. The smallest absolute Gasteiger partial charge is 0.389 e. The fourth-order valence-electron chi connectivity index (χ4n) is 1.46. The van der Waals surface area contributed by atoms with E-state index in [2.05, 4.69) is 12.6 Å². The number of hydrogen-bond acceptors (Lipinski definition) is 3. The van der Waals surface area contributed by atoms with Crippen molar-refractivity contribution in [3.63, 3.8) is 0 Å². The molecule has 0 aliphatic carbocycles. The van der Waals surface area contributed by atoms with Crippen molar-refractivity contribution in [3.8, 4) is 0 Å². The lowest BCUT2D eigenvalue weighted by molar-refractivity contribution is -0.137. The Morgan fingerprint density at radius 3 is 2.25 bits per heavy atom. The van der Waals surface area contributed by atoms with E-state index < -0.39 is 24.3 Å². The quantitative estimate of drug-likeness (QED) is 0.247. The fourth-order valence-corrected chi connectivity index (χ4v) is 1.74. The van der Waals surface area contributed by atoms with E-state index >= 15 is 0 Å². The van der Waals surface area contributed by atoms with Crippen molar-refractivity contribution < 1.29 is 27.1 Å².